The lowest BCUT2D eigenvalue weighted by Gasteiger charge is -2.14. The van der Waals surface area contributed by atoms with Crippen LogP contribution < -0.4 is 5.32 Å². The molecular formula is C15H13ClN2S. The predicted octanol–water partition coefficient (Wildman–Crippen LogP) is 5.12. The molecule has 1 N–H and O–H groups in total. The fourth-order valence-electron chi connectivity index (χ4n) is 2.05. The van der Waals surface area contributed by atoms with Crippen LogP contribution in [0.2, 0.25) is 4.34 Å². The zero-order valence-electron chi connectivity index (χ0n) is 10.4. The third-order valence-corrected chi connectivity index (χ3v) is 4.42. The molecule has 1 atom stereocenters. The molecule has 0 saturated heterocycles. The fourth-order valence-corrected chi connectivity index (χ4v) is 3.11. The fraction of sp³-hybridized carbons (Fsp3) is 0.133. The molecule has 0 amide bonds. The minimum absolute atomic E-state index is 0.242. The summed E-state index contributed by atoms with van der Waals surface area (Å²) in [5, 5.41) is 4.63. The van der Waals surface area contributed by atoms with Crippen molar-refractivity contribution in [2.75, 3.05) is 5.32 Å². The summed E-state index contributed by atoms with van der Waals surface area (Å²) < 4.78 is 0.825. The number of hydrogen-bond donors (Lipinski definition) is 1. The monoisotopic (exact) mass is 288 g/mol. The summed E-state index contributed by atoms with van der Waals surface area (Å²) in [5.41, 5.74) is 2.11. The lowest BCUT2D eigenvalue weighted by Crippen LogP contribution is -2.04. The van der Waals surface area contributed by atoms with Crippen molar-refractivity contribution in [1.82, 2.24) is 4.98 Å². The van der Waals surface area contributed by atoms with E-state index < -0.39 is 0 Å². The number of thiophene rings is 1. The Balaban J connectivity index is 1.84. The Hall–Kier alpha value is -1.58. The Bertz CT molecular complexity index is 708. The highest BCUT2D eigenvalue weighted by atomic mass is 35.5. The van der Waals surface area contributed by atoms with Crippen LogP contribution in [0.25, 0.3) is 10.9 Å². The summed E-state index contributed by atoms with van der Waals surface area (Å²) in [6.45, 7) is 2.13. The van der Waals surface area contributed by atoms with Gasteiger partial charge in [-0.2, -0.15) is 0 Å². The Morgan fingerprint density at radius 1 is 1.21 bits per heavy atom. The maximum absolute atomic E-state index is 5.97. The van der Waals surface area contributed by atoms with E-state index in [-0.39, 0.29) is 6.04 Å². The van der Waals surface area contributed by atoms with Crippen LogP contribution in [0.4, 0.5) is 5.69 Å². The highest BCUT2D eigenvalue weighted by Crippen LogP contribution is 2.29. The molecule has 0 aliphatic heterocycles. The third kappa shape index (κ3) is 2.72. The smallest absolute Gasteiger partial charge is 0.0932 e. The second-order valence-corrected chi connectivity index (χ2v) is 6.17. The first kappa shape index (κ1) is 12.5. The summed E-state index contributed by atoms with van der Waals surface area (Å²) in [7, 11) is 0. The highest BCUT2D eigenvalue weighted by Gasteiger charge is 2.08. The number of halogens is 1. The van der Waals surface area contributed by atoms with Gasteiger partial charge in [0.25, 0.3) is 0 Å². The van der Waals surface area contributed by atoms with E-state index in [1.54, 1.807) is 11.3 Å². The first-order chi connectivity index (χ1) is 9.22. The van der Waals surface area contributed by atoms with Gasteiger partial charge < -0.3 is 5.32 Å². The highest BCUT2D eigenvalue weighted by molar-refractivity contribution is 7.16. The second kappa shape index (κ2) is 5.19. The van der Waals surface area contributed by atoms with E-state index in [0.717, 1.165) is 20.9 Å². The van der Waals surface area contributed by atoms with Crippen LogP contribution in [0, 0.1) is 0 Å². The molecule has 0 aliphatic carbocycles. The maximum atomic E-state index is 5.97. The molecule has 0 saturated carbocycles. The van der Waals surface area contributed by atoms with Crippen molar-refractivity contribution in [3.05, 3.63) is 57.9 Å². The van der Waals surface area contributed by atoms with Gasteiger partial charge in [-0.3, -0.25) is 4.98 Å². The lowest BCUT2D eigenvalue weighted by molar-refractivity contribution is 0.909. The quantitative estimate of drug-likeness (QED) is 0.723. The average Bonchev–Trinajstić information content (AvgIpc) is 2.85. The number of rotatable bonds is 3. The van der Waals surface area contributed by atoms with Crippen molar-refractivity contribution >= 4 is 39.5 Å². The van der Waals surface area contributed by atoms with Crippen LogP contribution in [0.5, 0.6) is 0 Å². The molecular weight excluding hydrogens is 276 g/mol. The molecule has 3 rings (SSSR count). The molecule has 0 aliphatic rings. The van der Waals surface area contributed by atoms with Gasteiger partial charge in [0.05, 0.1) is 15.9 Å². The zero-order chi connectivity index (χ0) is 13.2. The summed E-state index contributed by atoms with van der Waals surface area (Å²) in [6.07, 6.45) is 1.81. The molecule has 2 heterocycles. The number of aromatic nitrogens is 1. The predicted molar refractivity (Wildman–Crippen MR) is 83.1 cm³/mol. The van der Waals surface area contributed by atoms with E-state index in [9.17, 15) is 0 Å². The van der Waals surface area contributed by atoms with Gasteiger partial charge in [0.15, 0.2) is 0 Å². The minimum Gasteiger partial charge on any atom is -0.378 e. The van der Waals surface area contributed by atoms with Crippen LogP contribution in [0.15, 0.2) is 48.7 Å². The van der Waals surface area contributed by atoms with Crippen molar-refractivity contribution in [2.24, 2.45) is 0 Å². The van der Waals surface area contributed by atoms with Gasteiger partial charge in [-0.1, -0.05) is 17.7 Å². The second-order valence-electron chi connectivity index (χ2n) is 4.42. The van der Waals surface area contributed by atoms with Gasteiger partial charge in [-0.25, -0.2) is 0 Å². The Labute approximate surface area is 121 Å². The van der Waals surface area contributed by atoms with E-state index in [1.165, 1.54) is 4.88 Å². The van der Waals surface area contributed by atoms with Crippen molar-refractivity contribution in [3.8, 4) is 0 Å². The van der Waals surface area contributed by atoms with E-state index in [0.29, 0.717) is 0 Å². The standard InChI is InChI=1S/C15H13ClN2S/c1-10(14-6-7-15(16)19-14)18-12-4-5-13-11(9-12)3-2-8-17-13/h2-10,18H,1H3. The van der Waals surface area contributed by atoms with Crippen LogP contribution in [0.1, 0.15) is 17.8 Å². The van der Waals surface area contributed by atoms with Crippen LogP contribution in [0.3, 0.4) is 0 Å². The molecule has 0 spiro atoms. The summed E-state index contributed by atoms with van der Waals surface area (Å²) in [4.78, 5) is 5.55. The molecule has 2 nitrogen and oxygen atoms in total. The van der Waals surface area contributed by atoms with Crippen LogP contribution in [-0.4, -0.2) is 4.98 Å². The van der Waals surface area contributed by atoms with E-state index in [1.807, 2.05) is 24.4 Å². The molecule has 4 heteroatoms. The summed E-state index contributed by atoms with van der Waals surface area (Å²) in [6, 6.07) is 14.5. The molecule has 19 heavy (non-hydrogen) atoms. The number of fused-ring (bicyclic) bond motifs is 1. The average molecular weight is 289 g/mol. The van der Waals surface area contributed by atoms with E-state index in [2.05, 4.69) is 41.5 Å². The van der Waals surface area contributed by atoms with Gasteiger partial charge >= 0.3 is 0 Å². The normalized spacial score (nSPS) is 12.5. The van der Waals surface area contributed by atoms with Crippen molar-refractivity contribution in [3.63, 3.8) is 0 Å². The first-order valence-corrected chi connectivity index (χ1v) is 7.28. The molecule has 1 unspecified atom stereocenters. The first-order valence-electron chi connectivity index (χ1n) is 6.09. The molecule has 1 aromatic carbocycles. The van der Waals surface area contributed by atoms with Gasteiger partial charge in [0.2, 0.25) is 0 Å². The van der Waals surface area contributed by atoms with Crippen molar-refractivity contribution in [1.29, 1.82) is 0 Å². The number of hydrogen-bond acceptors (Lipinski definition) is 3. The van der Waals surface area contributed by atoms with E-state index >= 15 is 0 Å². The van der Waals surface area contributed by atoms with E-state index in [4.69, 9.17) is 11.6 Å². The molecule has 0 bridgehead atoms. The van der Waals surface area contributed by atoms with Crippen LogP contribution in [-0.2, 0) is 0 Å². The number of pyridine rings is 1. The number of nitrogens with one attached hydrogen (secondary N) is 1. The maximum Gasteiger partial charge on any atom is 0.0932 e. The van der Waals surface area contributed by atoms with Gasteiger partial charge in [0.1, 0.15) is 0 Å². The number of anilines is 1. The molecule has 0 radical (unpaired) electrons. The number of benzene rings is 1. The van der Waals surface area contributed by atoms with Gasteiger partial charge in [-0.15, -0.1) is 11.3 Å². The van der Waals surface area contributed by atoms with Crippen molar-refractivity contribution in [2.45, 2.75) is 13.0 Å². The van der Waals surface area contributed by atoms with Gasteiger partial charge in [0, 0.05) is 22.1 Å². The third-order valence-electron chi connectivity index (χ3n) is 3.01. The molecule has 2 aromatic heterocycles. The molecule has 96 valence electrons. The van der Waals surface area contributed by atoms with Crippen LogP contribution >= 0.6 is 22.9 Å². The largest absolute Gasteiger partial charge is 0.378 e. The topological polar surface area (TPSA) is 24.9 Å². The summed E-state index contributed by atoms with van der Waals surface area (Å²) in [5.74, 6) is 0. The van der Waals surface area contributed by atoms with Crippen molar-refractivity contribution < 1.29 is 0 Å². The Morgan fingerprint density at radius 3 is 2.89 bits per heavy atom. The Kier molecular flexibility index (Phi) is 3.40. The SMILES string of the molecule is CC(Nc1ccc2ncccc2c1)c1ccc(Cl)s1. The Morgan fingerprint density at radius 2 is 2.11 bits per heavy atom. The number of nitrogens with zero attached hydrogens (tertiary/aromatic N) is 1. The van der Waals surface area contributed by atoms with Gasteiger partial charge in [-0.05, 0) is 43.3 Å². The summed E-state index contributed by atoms with van der Waals surface area (Å²) >= 11 is 7.58. The molecule has 0 fully saturated rings. The molecule has 3 aromatic rings. The zero-order valence-corrected chi connectivity index (χ0v) is 12.0. The minimum atomic E-state index is 0.242. The lowest BCUT2D eigenvalue weighted by atomic mass is 10.2.